The smallest absolute Gasteiger partial charge is 0.258 e. The van der Waals surface area contributed by atoms with Gasteiger partial charge in [-0.2, -0.15) is 0 Å². The molecular formula is C30H38N6O2. The number of likely N-dealkylation sites (tertiary alicyclic amines) is 1. The summed E-state index contributed by atoms with van der Waals surface area (Å²) in [5.41, 5.74) is 3.87. The minimum absolute atomic E-state index is 0.00521. The molecule has 1 spiro atoms. The first-order valence-corrected chi connectivity index (χ1v) is 13.5. The number of anilines is 1. The molecule has 8 heteroatoms. The Morgan fingerprint density at radius 2 is 1.95 bits per heavy atom. The fourth-order valence-corrected chi connectivity index (χ4v) is 5.67. The van der Waals surface area contributed by atoms with E-state index in [4.69, 9.17) is 4.98 Å². The number of amides is 2. The van der Waals surface area contributed by atoms with Gasteiger partial charge in [0.25, 0.3) is 5.91 Å². The highest BCUT2D eigenvalue weighted by atomic mass is 16.2. The molecule has 38 heavy (non-hydrogen) atoms. The van der Waals surface area contributed by atoms with Gasteiger partial charge in [-0.25, -0.2) is 4.98 Å². The lowest BCUT2D eigenvalue weighted by atomic mass is 9.64. The molecule has 1 saturated heterocycles. The van der Waals surface area contributed by atoms with Gasteiger partial charge < -0.3 is 14.8 Å². The number of aromatic nitrogens is 3. The number of fused-ring (bicyclic) bond motifs is 1. The summed E-state index contributed by atoms with van der Waals surface area (Å²) in [6.45, 7) is 14.8. The van der Waals surface area contributed by atoms with Gasteiger partial charge in [-0.05, 0) is 72.9 Å². The van der Waals surface area contributed by atoms with Crippen LogP contribution in [0.1, 0.15) is 68.9 Å². The molecule has 1 atom stereocenters. The minimum Gasteiger partial charge on any atom is -0.339 e. The molecule has 1 aromatic carbocycles. The number of hydrogen-bond acceptors (Lipinski definition) is 5. The number of pyridine rings is 1. The molecule has 1 saturated carbocycles. The van der Waals surface area contributed by atoms with Gasteiger partial charge in [0.2, 0.25) is 11.9 Å². The van der Waals surface area contributed by atoms with Gasteiger partial charge in [0.1, 0.15) is 0 Å². The molecule has 200 valence electrons. The molecule has 2 N–H and O–H groups in total. The third-order valence-corrected chi connectivity index (χ3v) is 8.46. The number of carbonyl (C=O) groups excluding carboxylic acids is 2. The molecule has 3 aromatic rings. The van der Waals surface area contributed by atoms with Crippen molar-refractivity contribution in [2.75, 3.05) is 18.4 Å². The number of carbonyl (C=O) groups is 2. The average molecular weight is 515 g/mol. The third-order valence-electron chi connectivity index (χ3n) is 8.46. The predicted octanol–water partition coefficient (Wildman–Crippen LogP) is 4.95. The Morgan fingerprint density at radius 1 is 1.21 bits per heavy atom. The summed E-state index contributed by atoms with van der Waals surface area (Å²) in [6, 6.07) is 10.3. The maximum Gasteiger partial charge on any atom is 0.258 e. The van der Waals surface area contributed by atoms with Crippen molar-refractivity contribution in [3.8, 4) is 0 Å². The standard InChI is InChI=1S/C30H38N6O2/c1-6-26(37)35-14-11-30(19-35)16-23(17-30)36-25-8-7-21(18-32-20(2)29(3,4)5)15-24(25)33-28(36)34-27(38)22-9-12-31-13-10-22/h6-10,12-13,15,20,23,32H,1,11,14,16-19H2,2-5H3,(H,33,34,38)/t20-,23?,30?/m0/s1. The van der Waals surface area contributed by atoms with Crippen LogP contribution >= 0.6 is 0 Å². The van der Waals surface area contributed by atoms with Crippen molar-refractivity contribution in [3.05, 3.63) is 66.5 Å². The van der Waals surface area contributed by atoms with Gasteiger partial charge in [-0.1, -0.05) is 33.4 Å². The van der Waals surface area contributed by atoms with Crippen molar-refractivity contribution in [3.63, 3.8) is 0 Å². The van der Waals surface area contributed by atoms with Crippen molar-refractivity contribution in [2.45, 2.75) is 65.6 Å². The van der Waals surface area contributed by atoms with Crippen LogP contribution in [0.15, 0.2) is 55.4 Å². The Balaban J connectivity index is 1.41. The van der Waals surface area contributed by atoms with Crippen LogP contribution in [-0.2, 0) is 11.3 Å². The predicted molar refractivity (Wildman–Crippen MR) is 150 cm³/mol. The van der Waals surface area contributed by atoms with E-state index in [1.165, 1.54) is 6.08 Å². The van der Waals surface area contributed by atoms with E-state index in [1.807, 2.05) is 4.90 Å². The highest BCUT2D eigenvalue weighted by molar-refractivity contribution is 6.04. The van der Waals surface area contributed by atoms with E-state index >= 15 is 0 Å². The van der Waals surface area contributed by atoms with Gasteiger partial charge in [-0.15, -0.1) is 0 Å². The molecule has 3 heterocycles. The molecular weight excluding hydrogens is 476 g/mol. The lowest BCUT2D eigenvalue weighted by Crippen LogP contribution is -2.42. The quantitative estimate of drug-likeness (QED) is 0.436. The normalized spacial score (nSPS) is 21.9. The molecule has 1 aliphatic carbocycles. The molecule has 2 aromatic heterocycles. The van der Waals surface area contributed by atoms with Gasteiger partial charge in [-0.3, -0.25) is 19.9 Å². The van der Waals surface area contributed by atoms with Crippen LogP contribution in [-0.4, -0.2) is 50.4 Å². The third kappa shape index (κ3) is 5.10. The van der Waals surface area contributed by atoms with Crippen LogP contribution in [0.25, 0.3) is 11.0 Å². The topological polar surface area (TPSA) is 92.2 Å². The van der Waals surface area contributed by atoms with Crippen LogP contribution < -0.4 is 10.6 Å². The largest absolute Gasteiger partial charge is 0.339 e. The number of imidazole rings is 1. The first kappa shape index (κ1) is 26.1. The molecule has 0 bridgehead atoms. The van der Waals surface area contributed by atoms with Crippen molar-refractivity contribution in [2.24, 2.45) is 10.8 Å². The Hall–Kier alpha value is -3.52. The second-order valence-corrected chi connectivity index (χ2v) is 12.1. The molecule has 1 aliphatic heterocycles. The number of nitrogens with zero attached hydrogens (tertiary/aromatic N) is 4. The maximum atomic E-state index is 13.1. The zero-order valence-corrected chi connectivity index (χ0v) is 22.8. The first-order chi connectivity index (χ1) is 18.1. The Bertz CT molecular complexity index is 1350. The zero-order chi connectivity index (χ0) is 27.1. The maximum absolute atomic E-state index is 13.1. The number of nitrogens with one attached hydrogen (secondary N) is 2. The lowest BCUT2D eigenvalue weighted by Gasteiger charge is -2.46. The van der Waals surface area contributed by atoms with E-state index in [0.29, 0.717) is 17.6 Å². The minimum atomic E-state index is -0.206. The van der Waals surface area contributed by atoms with E-state index in [2.05, 4.69) is 72.7 Å². The molecule has 2 fully saturated rings. The fraction of sp³-hybridized carbons (Fsp3) is 0.467. The van der Waals surface area contributed by atoms with E-state index in [1.54, 1.807) is 24.5 Å². The van der Waals surface area contributed by atoms with E-state index in [-0.39, 0.29) is 28.7 Å². The Labute approximate surface area is 224 Å². The summed E-state index contributed by atoms with van der Waals surface area (Å²) in [5.74, 6) is 0.361. The molecule has 2 aliphatic rings. The van der Waals surface area contributed by atoms with Crippen molar-refractivity contribution in [1.82, 2.24) is 24.8 Å². The lowest BCUT2D eigenvalue weighted by molar-refractivity contribution is -0.125. The van der Waals surface area contributed by atoms with Crippen LogP contribution in [0.4, 0.5) is 5.95 Å². The molecule has 5 rings (SSSR count). The van der Waals surface area contributed by atoms with Crippen LogP contribution in [0.3, 0.4) is 0 Å². The van der Waals surface area contributed by atoms with E-state index in [9.17, 15) is 9.59 Å². The van der Waals surface area contributed by atoms with E-state index < -0.39 is 0 Å². The second kappa shape index (κ2) is 9.98. The SMILES string of the molecule is C=CC(=O)N1CCC2(CC(n3c(NC(=O)c4ccncc4)nc4cc(CN[C@@H](C)C(C)(C)C)ccc43)C2)C1. The van der Waals surface area contributed by atoms with Crippen LogP contribution in [0, 0.1) is 10.8 Å². The fourth-order valence-electron chi connectivity index (χ4n) is 5.67. The number of hydrogen-bond donors (Lipinski definition) is 2. The number of rotatable bonds is 7. The molecule has 0 unspecified atom stereocenters. The summed E-state index contributed by atoms with van der Waals surface area (Å²) in [6.07, 6.45) is 7.52. The summed E-state index contributed by atoms with van der Waals surface area (Å²) in [4.78, 5) is 36.0. The van der Waals surface area contributed by atoms with Gasteiger partial charge in [0.05, 0.1) is 11.0 Å². The second-order valence-electron chi connectivity index (χ2n) is 12.1. The first-order valence-electron chi connectivity index (χ1n) is 13.5. The molecule has 2 amide bonds. The number of benzene rings is 1. The molecule has 8 nitrogen and oxygen atoms in total. The zero-order valence-electron chi connectivity index (χ0n) is 22.8. The summed E-state index contributed by atoms with van der Waals surface area (Å²) in [5, 5.41) is 6.69. The van der Waals surface area contributed by atoms with Crippen molar-refractivity contribution >= 4 is 28.8 Å². The van der Waals surface area contributed by atoms with Crippen molar-refractivity contribution < 1.29 is 9.59 Å². The molecule has 0 radical (unpaired) electrons. The average Bonchev–Trinajstić information content (AvgIpc) is 3.47. The van der Waals surface area contributed by atoms with E-state index in [0.717, 1.165) is 55.5 Å². The summed E-state index contributed by atoms with van der Waals surface area (Å²) < 4.78 is 2.19. The van der Waals surface area contributed by atoms with Crippen LogP contribution in [0.5, 0.6) is 0 Å². The van der Waals surface area contributed by atoms with Gasteiger partial charge in [0.15, 0.2) is 0 Å². The Kier molecular flexibility index (Phi) is 6.86. The highest BCUT2D eigenvalue weighted by Crippen LogP contribution is 2.55. The monoisotopic (exact) mass is 514 g/mol. The van der Waals surface area contributed by atoms with Crippen molar-refractivity contribution in [1.29, 1.82) is 0 Å². The Morgan fingerprint density at radius 3 is 2.63 bits per heavy atom. The summed E-state index contributed by atoms with van der Waals surface area (Å²) >= 11 is 0. The van der Waals surface area contributed by atoms with Gasteiger partial charge in [0, 0.05) is 49.7 Å². The summed E-state index contributed by atoms with van der Waals surface area (Å²) in [7, 11) is 0. The van der Waals surface area contributed by atoms with Gasteiger partial charge >= 0.3 is 0 Å². The highest BCUT2D eigenvalue weighted by Gasteiger charge is 2.50. The van der Waals surface area contributed by atoms with Crippen LogP contribution in [0.2, 0.25) is 0 Å².